The molecule has 0 saturated carbocycles. The minimum Gasteiger partial charge on any atom is -0.363 e. The van der Waals surface area contributed by atoms with Gasteiger partial charge in [-0.2, -0.15) is 13.2 Å². The molecule has 1 spiro atoms. The maximum absolute atomic E-state index is 12.8. The Bertz CT molecular complexity index is 1280. The summed E-state index contributed by atoms with van der Waals surface area (Å²) in [6, 6.07) is 11.5. The Morgan fingerprint density at radius 2 is 1.89 bits per heavy atom. The lowest BCUT2D eigenvalue weighted by atomic mass is 9.75. The van der Waals surface area contributed by atoms with Crippen LogP contribution >= 0.6 is 11.6 Å². The van der Waals surface area contributed by atoms with E-state index in [0.29, 0.717) is 43.2 Å². The molecule has 1 fully saturated rings. The third-order valence-electron chi connectivity index (χ3n) is 6.83. The van der Waals surface area contributed by atoms with Crippen LogP contribution in [0.2, 0.25) is 5.15 Å². The van der Waals surface area contributed by atoms with Crippen molar-refractivity contribution in [1.29, 1.82) is 0 Å². The molecule has 7 nitrogen and oxygen atoms in total. The first-order chi connectivity index (χ1) is 17.0. The van der Waals surface area contributed by atoms with Gasteiger partial charge in [0.05, 0.1) is 17.5 Å². The molecule has 1 N–H and O–H groups in total. The zero-order chi connectivity index (χ0) is 25.7. The molecule has 36 heavy (non-hydrogen) atoms. The summed E-state index contributed by atoms with van der Waals surface area (Å²) in [5.74, 6) is 0.641. The number of urea groups is 1. The number of carbonyl (C=O) groups is 1. The highest BCUT2D eigenvalue weighted by Gasteiger charge is 2.52. The predicted octanol–water partition coefficient (Wildman–Crippen LogP) is 5.12. The average Bonchev–Trinajstić information content (AvgIpc) is 3.27. The van der Waals surface area contributed by atoms with Crippen LogP contribution in [0.4, 0.5) is 23.7 Å². The topological polar surface area (TPSA) is 66.3 Å². The fraction of sp³-hybridized carbons (Fsp3) is 0.480. The summed E-state index contributed by atoms with van der Waals surface area (Å²) in [6.45, 7) is 6.37. The molecule has 1 saturated heterocycles. The summed E-state index contributed by atoms with van der Waals surface area (Å²) in [5.41, 5.74) is 3.14. The Kier molecular flexibility index (Phi) is 6.26. The van der Waals surface area contributed by atoms with Crippen LogP contribution in [0.15, 0.2) is 36.4 Å². The second kappa shape index (κ2) is 9.14. The van der Waals surface area contributed by atoms with Crippen molar-refractivity contribution in [3.8, 4) is 0 Å². The number of imidazole rings is 1. The first-order valence-corrected chi connectivity index (χ1v) is 12.4. The van der Waals surface area contributed by atoms with Gasteiger partial charge >= 0.3 is 12.2 Å². The molecule has 0 aliphatic carbocycles. The van der Waals surface area contributed by atoms with Gasteiger partial charge in [-0.3, -0.25) is 0 Å². The van der Waals surface area contributed by atoms with E-state index in [2.05, 4.69) is 26.3 Å². The van der Waals surface area contributed by atoms with Crippen LogP contribution in [-0.2, 0) is 18.5 Å². The number of aromatic nitrogens is 3. The SMILES string of the molecule is CC(C)NC(=O)N1CC2(C1)CN(Cc1nc3nc(Cl)ccc3n1CCCC(F)(F)F)c1ccccc12. The number of anilines is 1. The highest BCUT2D eigenvalue weighted by Crippen LogP contribution is 2.46. The quantitative estimate of drug-likeness (QED) is 0.458. The zero-order valence-electron chi connectivity index (χ0n) is 20.1. The molecule has 0 radical (unpaired) electrons. The Labute approximate surface area is 212 Å². The second-order valence-corrected chi connectivity index (χ2v) is 10.4. The van der Waals surface area contributed by atoms with Gasteiger partial charge in [0.15, 0.2) is 5.65 Å². The number of likely N-dealkylation sites (tertiary alicyclic amines) is 1. The highest BCUT2D eigenvalue weighted by molar-refractivity contribution is 6.29. The van der Waals surface area contributed by atoms with Crippen molar-refractivity contribution < 1.29 is 18.0 Å². The molecular formula is C25H28ClF3N6O. The average molecular weight is 521 g/mol. The van der Waals surface area contributed by atoms with E-state index >= 15 is 0 Å². The zero-order valence-corrected chi connectivity index (χ0v) is 20.9. The van der Waals surface area contributed by atoms with E-state index in [1.807, 2.05) is 41.5 Å². The van der Waals surface area contributed by atoms with Gasteiger partial charge in [-0.15, -0.1) is 0 Å². The molecule has 2 aliphatic rings. The smallest absolute Gasteiger partial charge is 0.363 e. The molecular weight excluding hydrogens is 493 g/mol. The molecule has 5 rings (SSSR count). The Balaban J connectivity index is 1.40. The van der Waals surface area contributed by atoms with Crippen LogP contribution in [0.25, 0.3) is 11.2 Å². The van der Waals surface area contributed by atoms with E-state index < -0.39 is 12.6 Å². The van der Waals surface area contributed by atoms with Gasteiger partial charge in [0, 0.05) is 44.3 Å². The van der Waals surface area contributed by atoms with Crippen LogP contribution < -0.4 is 10.2 Å². The van der Waals surface area contributed by atoms with Gasteiger partial charge in [-0.05, 0) is 44.0 Å². The fourth-order valence-electron chi connectivity index (χ4n) is 5.32. The number of para-hydroxylation sites is 1. The molecule has 1 aromatic carbocycles. The van der Waals surface area contributed by atoms with Crippen LogP contribution in [0.1, 0.15) is 38.1 Å². The van der Waals surface area contributed by atoms with Crippen LogP contribution in [0.5, 0.6) is 0 Å². The van der Waals surface area contributed by atoms with Crippen molar-refractivity contribution >= 4 is 34.5 Å². The number of hydrogen-bond donors (Lipinski definition) is 1. The molecule has 4 heterocycles. The van der Waals surface area contributed by atoms with Gasteiger partial charge < -0.3 is 19.7 Å². The Morgan fingerprint density at radius 1 is 1.14 bits per heavy atom. The van der Waals surface area contributed by atoms with Crippen molar-refractivity contribution in [2.75, 3.05) is 24.5 Å². The number of nitrogens with zero attached hydrogens (tertiary/aromatic N) is 5. The van der Waals surface area contributed by atoms with E-state index in [-0.39, 0.29) is 35.6 Å². The van der Waals surface area contributed by atoms with Crippen molar-refractivity contribution in [2.24, 2.45) is 0 Å². The maximum Gasteiger partial charge on any atom is 0.389 e. The van der Waals surface area contributed by atoms with Crippen LogP contribution in [-0.4, -0.2) is 57.3 Å². The maximum atomic E-state index is 12.8. The van der Waals surface area contributed by atoms with Crippen molar-refractivity contribution in [2.45, 2.75) is 57.4 Å². The normalized spacial score (nSPS) is 16.6. The largest absolute Gasteiger partial charge is 0.389 e. The number of halogens is 4. The molecule has 2 amide bonds. The summed E-state index contributed by atoms with van der Waals surface area (Å²) >= 11 is 6.06. The van der Waals surface area contributed by atoms with E-state index in [1.165, 1.54) is 5.56 Å². The summed E-state index contributed by atoms with van der Waals surface area (Å²) in [7, 11) is 0. The van der Waals surface area contributed by atoms with Crippen LogP contribution in [0, 0.1) is 0 Å². The van der Waals surface area contributed by atoms with Crippen molar-refractivity contribution in [3.05, 3.63) is 52.9 Å². The number of amides is 2. The number of hydrogen-bond acceptors (Lipinski definition) is 4. The standard InChI is InChI=1S/C25H28ClF3N6O/c1-16(2)30-23(36)34-14-24(15-34)13-33(18-7-4-3-6-17(18)24)12-21-32-22-19(8-9-20(26)31-22)35(21)11-5-10-25(27,28)29/h3-4,6-9,16H,5,10-15H2,1-2H3,(H,30,36). The third-order valence-corrected chi connectivity index (χ3v) is 7.04. The highest BCUT2D eigenvalue weighted by atomic mass is 35.5. The summed E-state index contributed by atoms with van der Waals surface area (Å²) < 4.78 is 40.3. The van der Waals surface area contributed by atoms with E-state index in [4.69, 9.17) is 11.6 Å². The second-order valence-electron chi connectivity index (χ2n) is 9.99. The fourth-order valence-corrected chi connectivity index (χ4v) is 5.47. The lowest BCUT2D eigenvalue weighted by molar-refractivity contribution is -0.135. The number of fused-ring (bicyclic) bond motifs is 3. The minimum atomic E-state index is -4.21. The lowest BCUT2D eigenvalue weighted by Crippen LogP contribution is -2.65. The molecule has 2 aliphatic heterocycles. The molecule has 11 heteroatoms. The molecule has 0 bridgehead atoms. The van der Waals surface area contributed by atoms with Crippen molar-refractivity contribution in [1.82, 2.24) is 24.8 Å². The first-order valence-electron chi connectivity index (χ1n) is 12.0. The van der Waals surface area contributed by atoms with E-state index in [0.717, 1.165) is 5.69 Å². The number of carbonyl (C=O) groups excluding carboxylic acids is 1. The van der Waals surface area contributed by atoms with E-state index in [1.54, 1.807) is 12.1 Å². The molecule has 192 valence electrons. The number of benzene rings is 1. The van der Waals surface area contributed by atoms with Crippen LogP contribution in [0.3, 0.4) is 0 Å². The monoisotopic (exact) mass is 520 g/mol. The number of nitrogens with one attached hydrogen (secondary N) is 1. The third kappa shape index (κ3) is 4.70. The number of rotatable bonds is 6. The summed E-state index contributed by atoms with van der Waals surface area (Å²) in [4.78, 5) is 25.5. The van der Waals surface area contributed by atoms with E-state index in [9.17, 15) is 18.0 Å². The molecule has 0 atom stereocenters. The minimum absolute atomic E-state index is 0.0506. The first kappa shape index (κ1) is 24.7. The van der Waals surface area contributed by atoms with Crippen molar-refractivity contribution in [3.63, 3.8) is 0 Å². The summed E-state index contributed by atoms with van der Waals surface area (Å²) in [5, 5.41) is 3.23. The number of pyridine rings is 1. The predicted molar refractivity (Wildman–Crippen MR) is 132 cm³/mol. The van der Waals surface area contributed by atoms with Gasteiger partial charge in [0.2, 0.25) is 0 Å². The molecule has 0 unspecified atom stereocenters. The van der Waals surface area contributed by atoms with Gasteiger partial charge in [-0.25, -0.2) is 14.8 Å². The van der Waals surface area contributed by atoms with Gasteiger partial charge in [0.1, 0.15) is 11.0 Å². The number of alkyl halides is 3. The molecule has 3 aromatic rings. The Hall–Kier alpha value is -3.01. The number of aryl methyl sites for hydroxylation is 1. The van der Waals surface area contributed by atoms with Gasteiger partial charge in [0.25, 0.3) is 0 Å². The lowest BCUT2D eigenvalue weighted by Gasteiger charge is -2.48. The summed E-state index contributed by atoms with van der Waals surface area (Å²) in [6.07, 6.45) is -5.13. The van der Waals surface area contributed by atoms with Gasteiger partial charge in [-0.1, -0.05) is 29.8 Å². The Morgan fingerprint density at radius 3 is 2.61 bits per heavy atom. The molecule has 2 aromatic heterocycles.